The number of hydrogen-bond donors (Lipinski definition) is 1. The molecule has 132 valence electrons. The van der Waals surface area contributed by atoms with E-state index >= 15 is 0 Å². The lowest BCUT2D eigenvalue weighted by molar-refractivity contribution is -0.398. The lowest BCUT2D eigenvalue weighted by Crippen LogP contribution is -2.15. The van der Waals surface area contributed by atoms with E-state index in [0.717, 1.165) is 28.8 Å². The molecular formula is C19H16N3O4-. The van der Waals surface area contributed by atoms with Crippen molar-refractivity contribution in [3.05, 3.63) is 68.3 Å². The molecule has 0 aliphatic heterocycles. The number of nitro groups is 1. The van der Waals surface area contributed by atoms with Gasteiger partial charge in [-0.25, -0.2) is 0 Å². The summed E-state index contributed by atoms with van der Waals surface area (Å²) in [5.74, 6) is -1.36. The van der Waals surface area contributed by atoms with Crippen molar-refractivity contribution in [1.29, 1.82) is 5.26 Å². The number of amides is 1. The molecule has 2 aromatic rings. The average Bonchev–Trinajstić information content (AvgIpc) is 2.56. The van der Waals surface area contributed by atoms with E-state index in [2.05, 4.69) is 5.32 Å². The minimum absolute atomic E-state index is 0.223. The number of carbonyl (C=O) groups excluding carboxylic acids is 1. The monoisotopic (exact) mass is 350 g/mol. The molecular weight excluding hydrogens is 334 g/mol. The third-order valence-electron chi connectivity index (χ3n) is 3.77. The highest BCUT2D eigenvalue weighted by atomic mass is 16.6. The van der Waals surface area contributed by atoms with Gasteiger partial charge in [0.15, 0.2) is 0 Å². The summed E-state index contributed by atoms with van der Waals surface area (Å²) in [6, 6.07) is 9.00. The molecule has 0 radical (unpaired) electrons. The molecule has 2 rings (SSSR count). The fraction of sp³-hybridized carbons (Fsp3) is 0.158. The van der Waals surface area contributed by atoms with Crippen molar-refractivity contribution in [2.24, 2.45) is 0 Å². The number of rotatable bonds is 4. The standard InChI is InChI=1S/C19H17N3O4/c1-11-6-12(2)18(13(3)7-11)21-19(24)15(10-20)8-14-4-5-17(23)16(9-14)22(25)26/h4-9,23H,1-3H3,(H,21,24)/p-1/b15-8+. The van der Waals surface area contributed by atoms with Crippen molar-refractivity contribution >= 4 is 23.4 Å². The largest absolute Gasteiger partial charge is 0.868 e. The zero-order valence-corrected chi connectivity index (χ0v) is 14.5. The van der Waals surface area contributed by atoms with Crippen molar-refractivity contribution in [2.45, 2.75) is 20.8 Å². The Morgan fingerprint density at radius 3 is 2.35 bits per heavy atom. The van der Waals surface area contributed by atoms with Gasteiger partial charge in [0.2, 0.25) is 0 Å². The van der Waals surface area contributed by atoms with Gasteiger partial charge in [-0.1, -0.05) is 29.8 Å². The van der Waals surface area contributed by atoms with Crippen LogP contribution in [0.25, 0.3) is 6.08 Å². The Kier molecular flexibility index (Phi) is 5.38. The van der Waals surface area contributed by atoms with E-state index in [-0.39, 0.29) is 11.1 Å². The molecule has 0 aliphatic carbocycles. The Morgan fingerprint density at radius 1 is 1.19 bits per heavy atom. The quantitative estimate of drug-likeness (QED) is 0.393. The van der Waals surface area contributed by atoms with E-state index in [9.17, 15) is 25.3 Å². The minimum Gasteiger partial charge on any atom is -0.868 e. The normalized spacial score (nSPS) is 10.9. The Labute approximate surface area is 150 Å². The van der Waals surface area contributed by atoms with E-state index < -0.39 is 22.3 Å². The second-order valence-corrected chi connectivity index (χ2v) is 5.88. The van der Waals surface area contributed by atoms with Crippen LogP contribution in [0.2, 0.25) is 0 Å². The van der Waals surface area contributed by atoms with Crippen LogP contribution in [-0.2, 0) is 4.79 Å². The Bertz CT molecular complexity index is 948. The van der Waals surface area contributed by atoms with Gasteiger partial charge >= 0.3 is 0 Å². The van der Waals surface area contributed by atoms with Crippen molar-refractivity contribution in [3.63, 3.8) is 0 Å². The SMILES string of the molecule is Cc1cc(C)c(NC(=O)/C(C#N)=C/c2ccc([O-])c([N+](=O)[O-])c2)c(C)c1. The number of aryl methyl sites for hydroxylation is 3. The summed E-state index contributed by atoms with van der Waals surface area (Å²) in [6.45, 7) is 5.64. The van der Waals surface area contributed by atoms with Crippen LogP contribution in [-0.4, -0.2) is 10.8 Å². The van der Waals surface area contributed by atoms with E-state index in [1.165, 1.54) is 12.1 Å². The highest BCUT2D eigenvalue weighted by Crippen LogP contribution is 2.26. The first kappa shape index (κ1) is 18.7. The van der Waals surface area contributed by atoms with Crippen LogP contribution >= 0.6 is 0 Å². The van der Waals surface area contributed by atoms with Crippen LogP contribution in [0.1, 0.15) is 22.3 Å². The van der Waals surface area contributed by atoms with Gasteiger partial charge in [0.25, 0.3) is 11.6 Å². The van der Waals surface area contributed by atoms with Crippen molar-refractivity contribution in [1.82, 2.24) is 0 Å². The third-order valence-corrected chi connectivity index (χ3v) is 3.77. The van der Waals surface area contributed by atoms with E-state index in [1.54, 1.807) is 6.07 Å². The van der Waals surface area contributed by atoms with Gasteiger partial charge in [-0.15, -0.1) is 0 Å². The fourth-order valence-electron chi connectivity index (χ4n) is 2.64. The summed E-state index contributed by atoms with van der Waals surface area (Å²) < 4.78 is 0. The van der Waals surface area contributed by atoms with Gasteiger partial charge in [0.1, 0.15) is 11.6 Å². The van der Waals surface area contributed by atoms with Crippen molar-refractivity contribution in [3.8, 4) is 11.8 Å². The first-order valence-corrected chi connectivity index (χ1v) is 7.69. The number of hydrogen-bond acceptors (Lipinski definition) is 5. The first-order chi connectivity index (χ1) is 12.2. The highest BCUT2D eigenvalue weighted by molar-refractivity contribution is 6.10. The average molecular weight is 350 g/mol. The van der Waals surface area contributed by atoms with E-state index in [4.69, 9.17) is 0 Å². The number of nitro benzene ring substituents is 1. The molecule has 26 heavy (non-hydrogen) atoms. The Hall–Kier alpha value is -3.66. The molecule has 1 N–H and O–H groups in total. The summed E-state index contributed by atoms with van der Waals surface area (Å²) >= 11 is 0. The fourth-order valence-corrected chi connectivity index (χ4v) is 2.64. The molecule has 1 amide bonds. The molecule has 0 heterocycles. The van der Waals surface area contributed by atoms with Gasteiger partial charge in [-0.2, -0.15) is 5.26 Å². The predicted molar refractivity (Wildman–Crippen MR) is 95.4 cm³/mol. The van der Waals surface area contributed by atoms with Crippen LogP contribution < -0.4 is 10.4 Å². The topological polar surface area (TPSA) is 119 Å². The predicted octanol–water partition coefficient (Wildman–Crippen LogP) is 3.14. The van der Waals surface area contributed by atoms with Gasteiger partial charge in [-0.3, -0.25) is 14.9 Å². The zero-order chi connectivity index (χ0) is 19.4. The lowest BCUT2D eigenvalue weighted by Gasteiger charge is -2.12. The van der Waals surface area contributed by atoms with E-state index in [0.29, 0.717) is 5.69 Å². The zero-order valence-electron chi connectivity index (χ0n) is 14.5. The highest BCUT2D eigenvalue weighted by Gasteiger charge is 2.14. The Balaban J connectivity index is 2.36. The second kappa shape index (κ2) is 7.49. The van der Waals surface area contributed by atoms with Crippen molar-refractivity contribution < 1.29 is 14.8 Å². The molecule has 0 fully saturated rings. The minimum atomic E-state index is -0.801. The Morgan fingerprint density at radius 2 is 1.81 bits per heavy atom. The number of nitrogens with zero attached hydrogens (tertiary/aromatic N) is 2. The molecule has 0 saturated heterocycles. The maximum Gasteiger partial charge on any atom is 0.266 e. The molecule has 0 atom stereocenters. The van der Waals surface area contributed by atoms with Crippen LogP contribution in [0.15, 0.2) is 35.9 Å². The lowest BCUT2D eigenvalue weighted by atomic mass is 10.0. The number of carbonyl (C=O) groups is 1. The molecule has 2 aromatic carbocycles. The second-order valence-electron chi connectivity index (χ2n) is 5.88. The van der Waals surface area contributed by atoms with Crippen LogP contribution in [0.5, 0.6) is 5.75 Å². The number of nitrogens with one attached hydrogen (secondary N) is 1. The number of anilines is 1. The molecule has 0 saturated carbocycles. The van der Waals surface area contributed by atoms with Gasteiger partial charge in [-0.05, 0) is 49.3 Å². The molecule has 0 aliphatic rings. The molecule has 0 bridgehead atoms. The summed E-state index contributed by atoms with van der Waals surface area (Å²) in [4.78, 5) is 22.5. The summed E-state index contributed by atoms with van der Waals surface area (Å²) in [5.41, 5.74) is 2.78. The molecule has 0 aromatic heterocycles. The van der Waals surface area contributed by atoms with Crippen LogP contribution in [0.4, 0.5) is 11.4 Å². The maximum absolute atomic E-state index is 12.4. The molecule has 7 heteroatoms. The molecule has 0 unspecified atom stereocenters. The number of benzene rings is 2. The van der Waals surface area contributed by atoms with Gasteiger partial charge in [0.05, 0.1) is 4.92 Å². The first-order valence-electron chi connectivity index (χ1n) is 7.69. The maximum atomic E-state index is 12.4. The van der Waals surface area contributed by atoms with Gasteiger partial charge < -0.3 is 10.4 Å². The summed E-state index contributed by atoms with van der Waals surface area (Å²) in [7, 11) is 0. The molecule has 0 spiro atoms. The van der Waals surface area contributed by atoms with Crippen molar-refractivity contribution in [2.75, 3.05) is 5.32 Å². The van der Waals surface area contributed by atoms with Crippen LogP contribution in [0, 0.1) is 42.2 Å². The van der Waals surface area contributed by atoms with E-state index in [1.807, 2.05) is 32.9 Å². The van der Waals surface area contributed by atoms with Crippen LogP contribution in [0.3, 0.4) is 0 Å². The summed E-state index contributed by atoms with van der Waals surface area (Å²) in [5, 5.41) is 34.3. The van der Waals surface area contributed by atoms with Gasteiger partial charge in [0, 0.05) is 11.8 Å². The third kappa shape index (κ3) is 4.05. The smallest absolute Gasteiger partial charge is 0.266 e. The molecule has 7 nitrogen and oxygen atoms in total. The summed E-state index contributed by atoms with van der Waals surface area (Å²) in [6.07, 6.45) is 1.21. The number of nitriles is 1.